The number of rotatable bonds is 3. The predicted octanol–water partition coefficient (Wildman–Crippen LogP) is 0.00960. The van der Waals surface area contributed by atoms with Crippen LogP contribution in [0.25, 0.3) is 0 Å². The molecule has 0 saturated heterocycles. The summed E-state index contributed by atoms with van der Waals surface area (Å²) in [7, 11) is 0. The van der Waals surface area contributed by atoms with Crippen molar-refractivity contribution < 1.29 is 15.0 Å². The fraction of sp³-hybridized carbons (Fsp3) is 0.400. The molecule has 0 aliphatic rings. The second-order valence-electron chi connectivity index (χ2n) is 1.26. The first-order chi connectivity index (χ1) is 3.81. The van der Waals surface area contributed by atoms with E-state index >= 15 is 0 Å². The summed E-state index contributed by atoms with van der Waals surface area (Å²) in [6.07, 6.45) is 1.76. The van der Waals surface area contributed by atoms with Crippen molar-refractivity contribution in [1.29, 1.82) is 0 Å². The zero-order valence-corrected chi connectivity index (χ0v) is 4.37. The quantitative estimate of drug-likeness (QED) is 0.403. The van der Waals surface area contributed by atoms with E-state index in [2.05, 4.69) is 0 Å². The van der Waals surface area contributed by atoms with E-state index in [4.69, 9.17) is 10.2 Å². The highest BCUT2D eigenvalue weighted by Gasteiger charge is 1.91. The summed E-state index contributed by atoms with van der Waals surface area (Å²) < 4.78 is 0. The van der Waals surface area contributed by atoms with Crippen LogP contribution in [-0.4, -0.2) is 22.6 Å². The van der Waals surface area contributed by atoms with Gasteiger partial charge in [-0.3, -0.25) is 4.79 Å². The first-order valence-electron chi connectivity index (χ1n) is 2.25. The minimum Gasteiger partial charge on any atom is -0.515 e. The summed E-state index contributed by atoms with van der Waals surface area (Å²) in [5, 5.41) is 16.1. The van der Waals surface area contributed by atoms with Crippen LogP contribution in [0, 0.1) is 0 Å². The van der Waals surface area contributed by atoms with Crippen molar-refractivity contribution in [1.82, 2.24) is 0 Å². The Hall–Kier alpha value is -0.830. The fourth-order valence-corrected chi connectivity index (χ4v) is 0.277. The Kier molecular flexibility index (Phi) is 3.88. The molecule has 0 radical (unpaired) electrons. The zero-order valence-electron chi connectivity index (χ0n) is 4.37. The molecule has 0 amide bonds. The van der Waals surface area contributed by atoms with Crippen molar-refractivity contribution in [2.75, 3.05) is 6.61 Å². The van der Waals surface area contributed by atoms with Crippen LogP contribution in [0.4, 0.5) is 0 Å². The van der Waals surface area contributed by atoms with Crippen molar-refractivity contribution in [3.8, 4) is 0 Å². The van der Waals surface area contributed by atoms with E-state index in [1.165, 1.54) is 0 Å². The number of ketones is 1. The fourth-order valence-electron chi connectivity index (χ4n) is 0.277. The summed E-state index contributed by atoms with van der Waals surface area (Å²) in [6, 6.07) is 0. The second kappa shape index (κ2) is 4.33. The lowest BCUT2D eigenvalue weighted by molar-refractivity contribution is -0.115. The van der Waals surface area contributed by atoms with Crippen LogP contribution in [0.15, 0.2) is 12.3 Å². The Bertz CT molecular complexity index is 95.8. The molecule has 0 aliphatic carbocycles. The predicted molar refractivity (Wildman–Crippen MR) is 28.5 cm³/mol. The molecule has 3 heteroatoms. The van der Waals surface area contributed by atoms with Gasteiger partial charge in [-0.2, -0.15) is 0 Å². The van der Waals surface area contributed by atoms with Crippen molar-refractivity contribution in [2.24, 2.45) is 0 Å². The normalized spacial score (nSPS) is 10.1. The lowest BCUT2D eigenvalue weighted by Crippen LogP contribution is -1.95. The monoisotopic (exact) mass is 116 g/mol. The number of hydrogen-bond acceptors (Lipinski definition) is 3. The average Bonchev–Trinajstić information content (AvgIpc) is 1.68. The van der Waals surface area contributed by atoms with Gasteiger partial charge < -0.3 is 10.2 Å². The number of allylic oxidation sites excluding steroid dienone is 1. The molecule has 0 saturated carbocycles. The zero-order chi connectivity index (χ0) is 6.41. The number of hydrogen-bond donors (Lipinski definition) is 2. The highest BCUT2D eigenvalue weighted by Crippen LogP contribution is 1.80. The number of carbonyl (C=O) groups is 1. The van der Waals surface area contributed by atoms with Crippen molar-refractivity contribution in [3.05, 3.63) is 12.3 Å². The van der Waals surface area contributed by atoms with Gasteiger partial charge in [-0.05, 0) is 0 Å². The van der Waals surface area contributed by atoms with Crippen LogP contribution in [0.1, 0.15) is 6.42 Å². The van der Waals surface area contributed by atoms with Crippen molar-refractivity contribution in [2.45, 2.75) is 6.42 Å². The highest BCUT2D eigenvalue weighted by molar-refractivity contribution is 5.89. The molecule has 0 aromatic carbocycles. The lowest BCUT2D eigenvalue weighted by atomic mass is 10.3. The topological polar surface area (TPSA) is 57.5 Å². The smallest absolute Gasteiger partial charge is 0.161 e. The van der Waals surface area contributed by atoms with Crippen LogP contribution in [0.3, 0.4) is 0 Å². The van der Waals surface area contributed by atoms with Gasteiger partial charge in [0, 0.05) is 12.5 Å². The van der Waals surface area contributed by atoms with E-state index in [0.717, 1.165) is 6.08 Å². The molecule has 3 nitrogen and oxygen atoms in total. The van der Waals surface area contributed by atoms with Crippen LogP contribution >= 0.6 is 0 Å². The molecule has 0 aromatic rings. The second-order valence-corrected chi connectivity index (χ2v) is 1.26. The molecule has 46 valence electrons. The Morgan fingerprint density at radius 2 is 2.25 bits per heavy atom. The van der Waals surface area contributed by atoms with E-state index < -0.39 is 0 Å². The molecule has 0 rings (SSSR count). The maximum Gasteiger partial charge on any atom is 0.161 e. The minimum atomic E-state index is -0.269. The van der Waals surface area contributed by atoms with Gasteiger partial charge in [-0.15, -0.1) is 0 Å². The summed E-state index contributed by atoms with van der Waals surface area (Å²) >= 11 is 0. The van der Waals surface area contributed by atoms with Crippen LogP contribution in [0.2, 0.25) is 0 Å². The summed E-state index contributed by atoms with van der Waals surface area (Å²) in [5.74, 6) is -0.269. The lowest BCUT2D eigenvalue weighted by Gasteiger charge is -1.84. The number of carbonyl (C=O) groups excluding carboxylic acids is 1. The van der Waals surface area contributed by atoms with Crippen LogP contribution in [0.5, 0.6) is 0 Å². The first kappa shape index (κ1) is 7.17. The Labute approximate surface area is 47.3 Å². The van der Waals surface area contributed by atoms with Gasteiger partial charge in [0.15, 0.2) is 5.78 Å². The first-order valence-corrected chi connectivity index (χ1v) is 2.25. The average molecular weight is 116 g/mol. The molecule has 0 aromatic heterocycles. The summed E-state index contributed by atoms with van der Waals surface area (Å²) in [6.45, 7) is -0.164. The Morgan fingerprint density at radius 3 is 2.62 bits per heavy atom. The van der Waals surface area contributed by atoms with Gasteiger partial charge in [0.2, 0.25) is 0 Å². The maximum atomic E-state index is 10.2. The minimum absolute atomic E-state index is 0.0804. The van der Waals surface area contributed by atoms with E-state index in [1.807, 2.05) is 0 Å². The number of aliphatic hydroxyl groups excluding tert-OH is 2. The van der Waals surface area contributed by atoms with Crippen molar-refractivity contribution >= 4 is 5.78 Å². The van der Waals surface area contributed by atoms with Crippen LogP contribution < -0.4 is 0 Å². The van der Waals surface area contributed by atoms with Crippen molar-refractivity contribution in [3.63, 3.8) is 0 Å². The van der Waals surface area contributed by atoms with E-state index in [-0.39, 0.29) is 18.8 Å². The highest BCUT2D eigenvalue weighted by atomic mass is 16.3. The molecule has 0 fully saturated rings. The number of aliphatic hydroxyl groups is 2. The third-order valence-electron chi connectivity index (χ3n) is 0.619. The molecule has 0 atom stereocenters. The molecule has 0 spiro atoms. The summed E-state index contributed by atoms with van der Waals surface area (Å²) in [4.78, 5) is 10.2. The summed E-state index contributed by atoms with van der Waals surface area (Å²) in [5.41, 5.74) is 0. The molecule has 2 N–H and O–H groups in total. The standard InChI is InChI=1S/C5H8O3/c6-3-1-5(8)2-4-7/h1,3,6-7H,2,4H2/b3-1+. The molecule has 8 heavy (non-hydrogen) atoms. The molecular formula is C5H8O3. The molecule has 0 bridgehead atoms. The van der Waals surface area contributed by atoms with Gasteiger partial charge in [-0.25, -0.2) is 0 Å². The Morgan fingerprint density at radius 1 is 1.62 bits per heavy atom. The molecule has 0 aliphatic heterocycles. The largest absolute Gasteiger partial charge is 0.515 e. The Balaban J connectivity index is 3.33. The van der Waals surface area contributed by atoms with Gasteiger partial charge in [-0.1, -0.05) is 0 Å². The third-order valence-corrected chi connectivity index (χ3v) is 0.619. The molecule has 0 unspecified atom stereocenters. The third kappa shape index (κ3) is 3.36. The van der Waals surface area contributed by atoms with E-state index in [0.29, 0.717) is 6.26 Å². The van der Waals surface area contributed by atoms with Crippen LogP contribution in [-0.2, 0) is 4.79 Å². The van der Waals surface area contributed by atoms with Gasteiger partial charge >= 0.3 is 0 Å². The van der Waals surface area contributed by atoms with E-state index in [1.54, 1.807) is 0 Å². The van der Waals surface area contributed by atoms with E-state index in [9.17, 15) is 4.79 Å². The molecule has 0 heterocycles. The van der Waals surface area contributed by atoms with Gasteiger partial charge in [0.05, 0.1) is 12.9 Å². The maximum absolute atomic E-state index is 10.2. The SMILES string of the molecule is O=C(/C=C/O)CCO. The molecular weight excluding hydrogens is 108 g/mol. The van der Waals surface area contributed by atoms with Gasteiger partial charge in [0.25, 0.3) is 0 Å². The van der Waals surface area contributed by atoms with Gasteiger partial charge in [0.1, 0.15) is 0 Å².